The molecule has 0 spiro atoms. The first kappa shape index (κ1) is 19.5. The van der Waals surface area contributed by atoms with Crippen LogP contribution in [-0.2, 0) is 14.8 Å². The van der Waals surface area contributed by atoms with E-state index in [1.807, 2.05) is 30.3 Å². The molecule has 1 atom stereocenters. The van der Waals surface area contributed by atoms with Crippen LogP contribution >= 0.6 is 11.3 Å². The van der Waals surface area contributed by atoms with Gasteiger partial charge in [0.25, 0.3) is 5.91 Å². The highest BCUT2D eigenvalue weighted by atomic mass is 32.2. The van der Waals surface area contributed by atoms with Gasteiger partial charge in [0.1, 0.15) is 5.00 Å². The van der Waals surface area contributed by atoms with E-state index in [0.29, 0.717) is 24.4 Å². The lowest BCUT2D eigenvalue weighted by molar-refractivity contribution is -0.120. The summed E-state index contributed by atoms with van der Waals surface area (Å²) in [5, 5.41) is 3.17. The number of sulfonamides is 1. The second-order valence-corrected chi connectivity index (χ2v) is 9.57. The van der Waals surface area contributed by atoms with Crippen molar-refractivity contribution in [2.45, 2.75) is 12.8 Å². The van der Waals surface area contributed by atoms with E-state index in [9.17, 15) is 18.0 Å². The van der Waals surface area contributed by atoms with E-state index in [0.717, 1.165) is 16.7 Å². The fraction of sp³-hybridized carbons (Fsp3) is 0.333. The number of carbonyl (C=O) groups excluding carboxylic acids is 2. The van der Waals surface area contributed by atoms with E-state index in [-0.39, 0.29) is 18.0 Å². The summed E-state index contributed by atoms with van der Waals surface area (Å²) in [6, 6.07) is 11.2. The Kier molecular flexibility index (Phi) is 5.64. The Hall–Kier alpha value is -2.23. The van der Waals surface area contributed by atoms with Crippen LogP contribution in [-0.4, -0.2) is 43.9 Å². The van der Waals surface area contributed by atoms with Gasteiger partial charge in [0.2, 0.25) is 15.9 Å². The molecular weight excluding hydrogens is 386 g/mol. The number of hydrogen-bond donors (Lipinski definition) is 2. The zero-order valence-electron chi connectivity index (χ0n) is 14.8. The molecule has 0 radical (unpaired) electrons. The Morgan fingerprint density at radius 1 is 1.26 bits per heavy atom. The predicted molar refractivity (Wildman–Crippen MR) is 106 cm³/mol. The van der Waals surface area contributed by atoms with Gasteiger partial charge in [0.15, 0.2) is 0 Å². The van der Waals surface area contributed by atoms with Crippen molar-refractivity contribution in [1.82, 2.24) is 4.31 Å². The van der Waals surface area contributed by atoms with E-state index in [1.54, 1.807) is 6.07 Å². The molecule has 2 heterocycles. The summed E-state index contributed by atoms with van der Waals surface area (Å²) >= 11 is 1.27. The molecule has 27 heavy (non-hydrogen) atoms. The fourth-order valence-corrected chi connectivity index (χ4v) is 5.07. The minimum absolute atomic E-state index is 0.146. The lowest BCUT2D eigenvalue weighted by Gasteiger charge is -2.30. The molecule has 3 rings (SSSR count). The quantitative estimate of drug-likeness (QED) is 0.791. The van der Waals surface area contributed by atoms with Crippen molar-refractivity contribution in [2.24, 2.45) is 11.7 Å². The van der Waals surface area contributed by atoms with E-state index in [1.165, 1.54) is 15.6 Å². The summed E-state index contributed by atoms with van der Waals surface area (Å²) in [6.45, 7) is 0.569. The maximum absolute atomic E-state index is 12.7. The Bertz CT molecular complexity index is 954. The van der Waals surface area contributed by atoms with Crippen LogP contribution in [0.5, 0.6) is 0 Å². The second-order valence-electron chi connectivity index (χ2n) is 6.53. The first-order chi connectivity index (χ1) is 12.8. The number of anilines is 1. The summed E-state index contributed by atoms with van der Waals surface area (Å²) in [4.78, 5) is 25.3. The molecule has 1 aliphatic heterocycles. The molecule has 2 aromatic rings. The highest BCUT2D eigenvalue weighted by molar-refractivity contribution is 7.88. The number of nitrogens with one attached hydrogen (secondary N) is 1. The van der Waals surface area contributed by atoms with Crippen LogP contribution < -0.4 is 11.1 Å². The average Bonchev–Trinajstić information content (AvgIpc) is 3.06. The Morgan fingerprint density at radius 2 is 1.96 bits per heavy atom. The van der Waals surface area contributed by atoms with Gasteiger partial charge in [-0.3, -0.25) is 9.59 Å². The number of benzene rings is 1. The van der Waals surface area contributed by atoms with E-state index in [2.05, 4.69) is 5.32 Å². The Balaban J connectivity index is 1.81. The Labute approximate surface area is 162 Å². The molecule has 1 saturated heterocycles. The van der Waals surface area contributed by atoms with Gasteiger partial charge in [-0.15, -0.1) is 11.3 Å². The van der Waals surface area contributed by atoms with Gasteiger partial charge < -0.3 is 11.1 Å². The first-order valence-electron chi connectivity index (χ1n) is 8.50. The minimum atomic E-state index is -3.34. The van der Waals surface area contributed by atoms with Crippen molar-refractivity contribution in [3.8, 4) is 10.4 Å². The third kappa shape index (κ3) is 4.55. The number of hydrogen-bond acceptors (Lipinski definition) is 5. The molecule has 1 fully saturated rings. The maximum atomic E-state index is 12.7. The largest absolute Gasteiger partial charge is 0.366 e. The molecule has 7 nitrogen and oxygen atoms in total. The maximum Gasteiger partial charge on any atom is 0.251 e. The average molecular weight is 408 g/mol. The Morgan fingerprint density at radius 3 is 2.59 bits per heavy atom. The second kappa shape index (κ2) is 7.79. The van der Waals surface area contributed by atoms with Gasteiger partial charge in [-0.2, -0.15) is 0 Å². The summed E-state index contributed by atoms with van der Waals surface area (Å²) in [5.74, 6) is -1.38. The van der Waals surface area contributed by atoms with Crippen molar-refractivity contribution in [1.29, 1.82) is 0 Å². The molecule has 1 aliphatic rings. The van der Waals surface area contributed by atoms with Crippen LogP contribution in [0.15, 0.2) is 36.4 Å². The van der Waals surface area contributed by atoms with Crippen molar-refractivity contribution < 1.29 is 18.0 Å². The van der Waals surface area contributed by atoms with Gasteiger partial charge in [0, 0.05) is 18.0 Å². The minimum Gasteiger partial charge on any atom is -0.366 e. The van der Waals surface area contributed by atoms with Gasteiger partial charge in [0.05, 0.1) is 17.7 Å². The number of primary amides is 1. The van der Waals surface area contributed by atoms with Crippen molar-refractivity contribution in [2.75, 3.05) is 24.7 Å². The van der Waals surface area contributed by atoms with Crippen LogP contribution in [0.4, 0.5) is 5.00 Å². The number of nitrogens with two attached hydrogens (primary N) is 1. The molecule has 0 saturated carbocycles. The molecule has 9 heteroatoms. The molecule has 144 valence electrons. The molecular formula is C18H21N3O4S2. The number of amides is 2. The normalized spacial score (nSPS) is 18.2. The van der Waals surface area contributed by atoms with Gasteiger partial charge >= 0.3 is 0 Å². The predicted octanol–water partition coefficient (Wildman–Crippen LogP) is 2.12. The lowest BCUT2D eigenvalue weighted by Crippen LogP contribution is -2.43. The molecule has 3 N–H and O–H groups in total. The van der Waals surface area contributed by atoms with E-state index in [4.69, 9.17) is 5.73 Å². The fourth-order valence-electron chi connectivity index (χ4n) is 3.08. The summed E-state index contributed by atoms with van der Waals surface area (Å²) < 4.78 is 24.8. The molecule has 0 bridgehead atoms. The van der Waals surface area contributed by atoms with Crippen molar-refractivity contribution in [3.05, 3.63) is 42.0 Å². The summed E-state index contributed by atoms with van der Waals surface area (Å²) in [5.41, 5.74) is 6.64. The molecule has 0 aliphatic carbocycles. The zero-order valence-corrected chi connectivity index (χ0v) is 16.5. The van der Waals surface area contributed by atoms with Crippen molar-refractivity contribution in [3.63, 3.8) is 0 Å². The van der Waals surface area contributed by atoms with Crippen molar-refractivity contribution >= 4 is 38.2 Å². The smallest absolute Gasteiger partial charge is 0.251 e. The summed E-state index contributed by atoms with van der Waals surface area (Å²) in [7, 11) is -3.34. The third-order valence-electron chi connectivity index (χ3n) is 4.52. The van der Waals surface area contributed by atoms with Crippen LogP contribution in [0.2, 0.25) is 0 Å². The standard InChI is InChI=1S/C18H21N3O4S2/c1-27(24,25)21-9-5-8-13(11-21)17(23)20-18-14(16(19)22)10-15(26-18)12-6-3-2-4-7-12/h2-4,6-7,10,13H,5,8-9,11H2,1H3,(H2,19,22)(H,20,23)/t13-/m1/s1. The van der Waals surface area contributed by atoms with Crippen LogP contribution in [0, 0.1) is 5.92 Å². The van der Waals surface area contributed by atoms with E-state index < -0.39 is 21.8 Å². The molecule has 1 aromatic heterocycles. The third-order valence-corrected chi connectivity index (χ3v) is 6.89. The topological polar surface area (TPSA) is 110 Å². The molecule has 1 aromatic carbocycles. The highest BCUT2D eigenvalue weighted by Gasteiger charge is 2.31. The number of rotatable bonds is 5. The monoisotopic (exact) mass is 407 g/mol. The van der Waals surface area contributed by atoms with Gasteiger partial charge in [-0.25, -0.2) is 12.7 Å². The molecule has 0 unspecified atom stereocenters. The van der Waals surface area contributed by atoms with Crippen LogP contribution in [0.25, 0.3) is 10.4 Å². The number of nitrogens with zero attached hydrogens (tertiary/aromatic N) is 1. The van der Waals surface area contributed by atoms with Crippen LogP contribution in [0.3, 0.4) is 0 Å². The van der Waals surface area contributed by atoms with Gasteiger partial charge in [-0.1, -0.05) is 30.3 Å². The SMILES string of the molecule is CS(=O)(=O)N1CCC[C@@H](C(=O)Nc2sc(-c3ccccc3)cc2C(N)=O)C1. The highest BCUT2D eigenvalue weighted by Crippen LogP contribution is 2.35. The lowest BCUT2D eigenvalue weighted by atomic mass is 9.99. The number of piperidine rings is 1. The number of carbonyl (C=O) groups is 2. The van der Waals surface area contributed by atoms with Crippen LogP contribution in [0.1, 0.15) is 23.2 Å². The first-order valence-corrected chi connectivity index (χ1v) is 11.2. The van der Waals surface area contributed by atoms with Gasteiger partial charge in [-0.05, 0) is 24.5 Å². The zero-order chi connectivity index (χ0) is 19.6. The molecule has 2 amide bonds. The summed E-state index contributed by atoms with van der Waals surface area (Å²) in [6.07, 6.45) is 2.36. The van der Waals surface area contributed by atoms with E-state index >= 15 is 0 Å². The number of thiophene rings is 1.